The second-order valence-corrected chi connectivity index (χ2v) is 11.8. The van der Waals surface area contributed by atoms with Gasteiger partial charge in [0.1, 0.15) is 11.4 Å². The van der Waals surface area contributed by atoms with Crippen molar-refractivity contribution in [2.45, 2.75) is 76.3 Å². The molecule has 0 heterocycles. The largest absolute Gasteiger partial charge is 0.508 e. The topological polar surface area (TPSA) is 128 Å². The highest BCUT2D eigenvalue weighted by Gasteiger charge is 2.35. The summed E-state index contributed by atoms with van der Waals surface area (Å²) in [6.45, 7) is 5.27. The molecule has 0 saturated carbocycles. The highest BCUT2D eigenvalue weighted by atomic mass is 16.6. The Morgan fingerprint density at radius 2 is 1.56 bits per heavy atom. The second-order valence-electron chi connectivity index (χ2n) is 11.8. The van der Waals surface area contributed by atoms with Gasteiger partial charge in [0.15, 0.2) is 0 Å². The molecule has 1 aliphatic carbocycles. The number of ether oxygens (including phenoxy) is 1. The third-order valence-corrected chi connectivity index (χ3v) is 7.28. The number of hydrogen-bond acceptors (Lipinski definition) is 6. The average molecular weight is 561 g/mol. The van der Waals surface area contributed by atoms with Crippen molar-refractivity contribution in [1.29, 1.82) is 0 Å². The van der Waals surface area contributed by atoms with Gasteiger partial charge in [0.2, 0.25) is 5.91 Å². The summed E-state index contributed by atoms with van der Waals surface area (Å²) in [6, 6.07) is 22.4. The maximum atomic E-state index is 13.7. The first-order valence-corrected chi connectivity index (χ1v) is 14.0. The highest BCUT2D eigenvalue weighted by Crippen LogP contribution is 2.32. The van der Waals surface area contributed by atoms with Crippen LogP contribution in [0.15, 0.2) is 78.9 Å². The number of alkyl carbamates (subject to hydrolysis) is 1. The Labute approximate surface area is 241 Å². The summed E-state index contributed by atoms with van der Waals surface area (Å²) in [6.07, 6.45) is -1.37. The molecular formula is C33H40N2O6. The van der Waals surface area contributed by atoms with Crippen LogP contribution < -0.4 is 10.6 Å². The molecule has 3 aromatic carbocycles. The minimum Gasteiger partial charge on any atom is -0.508 e. The molecule has 0 saturated heterocycles. The molecule has 0 unspecified atom stereocenters. The van der Waals surface area contributed by atoms with E-state index in [-0.39, 0.29) is 24.5 Å². The van der Waals surface area contributed by atoms with Crippen LogP contribution in [0, 0.1) is 5.92 Å². The van der Waals surface area contributed by atoms with E-state index in [1.165, 1.54) is 0 Å². The summed E-state index contributed by atoms with van der Waals surface area (Å²) in [4.78, 5) is 26.5. The van der Waals surface area contributed by atoms with Crippen LogP contribution in [0.5, 0.6) is 5.75 Å². The molecule has 8 heteroatoms. The molecule has 3 aromatic rings. The van der Waals surface area contributed by atoms with Crippen molar-refractivity contribution in [3.63, 3.8) is 0 Å². The number of phenolic OH excluding ortho intramolecular Hbond substituents is 1. The van der Waals surface area contributed by atoms with Crippen molar-refractivity contribution in [2.24, 2.45) is 5.92 Å². The molecule has 0 fully saturated rings. The Kier molecular flexibility index (Phi) is 9.68. The van der Waals surface area contributed by atoms with Gasteiger partial charge in [0.25, 0.3) is 0 Å². The van der Waals surface area contributed by atoms with Crippen LogP contribution in [0.2, 0.25) is 0 Å². The molecule has 0 aromatic heterocycles. The molecular weight excluding hydrogens is 520 g/mol. The van der Waals surface area contributed by atoms with Crippen LogP contribution in [0.25, 0.3) is 0 Å². The van der Waals surface area contributed by atoms with Gasteiger partial charge in [-0.1, -0.05) is 66.7 Å². The van der Waals surface area contributed by atoms with Crippen molar-refractivity contribution >= 4 is 12.0 Å². The van der Waals surface area contributed by atoms with Gasteiger partial charge in [0, 0.05) is 12.3 Å². The van der Waals surface area contributed by atoms with Gasteiger partial charge in [-0.05, 0) is 74.4 Å². The first kappa shape index (κ1) is 30.1. The molecule has 4 rings (SSSR count). The Morgan fingerprint density at radius 3 is 2.24 bits per heavy atom. The van der Waals surface area contributed by atoms with Crippen LogP contribution in [-0.2, 0) is 28.8 Å². The Balaban J connectivity index is 1.55. The van der Waals surface area contributed by atoms with Crippen molar-refractivity contribution in [3.05, 3.63) is 101 Å². The molecule has 8 nitrogen and oxygen atoms in total. The predicted octanol–water partition coefficient (Wildman–Crippen LogP) is 4.21. The summed E-state index contributed by atoms with van der Waals surface area (Å²) in [5, 5.41) is 37.7. The summed E-state index contributed by atoms with van der Waals surface area (Å²) in [5.74, 6) is -0.814. The number of fused-ring (bicyclic) bond motifs is 1. The lowest BCUT2D eigenvalue weighted by Gasteiger charge is -2.29. The van der Waals surface area contributed by atoms with E-state index >= 15 is 0 Å². The smallest absolute Gasteiger partial charge is 0.407 e. The number of benzene rings is 3. The number of amides is 2. The van der Waals surface area contributed by atoms with E-state index in [4.69, 9.17) is 4.74 Å². The molecule has 0 spiro atoms. The third-order valence-electron chi connectivity index (χ3n) is 7.28. The molecule has 41 heavy (non-hydrogen) atoms. The fourth-order valence-corrected chi connectivity index (χ4v) is 5.28. The van der Waals surface area contributed by atoms with E-state index in [0.717, 1.165) is 22.3 Å². The molecule has 218 valence electrons. The van der Waals surface area contributed by atoms with E-state index in [0.29, 0.717) is 12.8 Å². The quantitative estimate of drug-likeness (QED) is 0.253. The minimum atomic E-state index is -1.10. The summed E-state index contributed by atoms with van der Waals surface area (Å²) in [5.41, 5.74) is 2.89. The van der Waals surface area contributed by atoms with Gasteiger partial charge < -0.3 is 30.7 Å². The Hall–Kier alpha value is -3.88. The number of carbonyl (C=O) groups excluding carboxylic acids is 2. The van der Waals surface area contributed by atoms with Crippen LogP contribution in [0.1, 0.15) is 55.5 Å². The Bertz CT molecular complexity index is 1310. The fraction of sp³-hybridized carbons (Fsp3) is 0.394. The monoisotopic (exact) mass is 560 g/mol. The van der Waals surface area contributed by atoms with E-state index in [1.54, 1.807) is 45.0 Å². The van der Waals surface area contributed by atoms with Gasteiger partial charge in [-0.2, -0.15) is 0 Å². The molecule has 0 bridgehead atoms. The second kappa shape index (κ2) is 13.2. The first-order valence-electron chi connectivity index (χ1n) is 14.0. The predicted molar refractivity (Wildman–Crippen MR) is 156 cm³/mol. The number of aliphatic hydroxyl groups excluding tert-OH is 2. The van der Waals surface area contributed by atoms with Crippen molar-refractivity contribution in [1.82, 2.24) is 10.6 Å². The number of phenols is 1. The molecule has 5 N–H and O–H groups in total. The van der Waals surface area contributed by atoms with Crippen molar-refractivity contribution in [2.75, 3.05) is 0 Å². The minimum absolute atomic E-state index is 0.0593. The molecule has 2 amide bonds. The maximum Gasteiger partial charge on any atom is 0.407 e. The van der Waals surface area contributed by atoms with Crippen LogP contribution in [-0.4, -0.2) is 51.2 Å². The summed E-state index contributed by atoms with van der Waals surface area (Å²) < 4.78 is 5.45. The number of rotatable bonds is 10. The van der Waals surface area contributed by atoms with E-state index < -0.39 is 41.9 Å². The first-order chi connectivity index (χ1) is 19.5. The zero-order valence-electron chi connectivity index (χ0n) is 23.8. The van der Waals surface area contributed by atoms with Gasteiger partial charge in [-0.15, -0.1) is 0 Å². The highest BCUT2D eigenvalue weighted by molar-refractivity contribution is 5.80. The zero-order chi connectivity index (χ0) is 29.6. The lowest BCUT2D eigenvalue weighted by Crippen LogP contribution is -2.48. The van der Waals surface area contributed by atoms with E-state index in [9.17, 15) is 24.9 Å². The SMILES string of the molecule is CC(C)(C)OC(=O)N[C@@H](Cc1ccc(O)cc1)[C@@H](O)C[C@H](Cc1ccccc1)C(=O)N[C@H]1c2ccccc2C[C@H]1O. The van der Waals surface area contributed by atoms with Crippen LogP contribution in [0.4, 0.5) is 4.79 Å². The number of aliphatic hydroxyl groups is 2. The van der Waals surface area contributed by atoms with Gasteiger partial charge >= 0.3 is 6.09 Å². The summed E-state index contributed by atoms with van der Waals surface area (Å²) >= 11 is 0. The fourth-order valence-electron chi connectivity index (χ4n) is 5.28. The van der Waals surface area contributed by atoms with E-state index in [1.807, 2.05) is 54.6 Å². The van der Waals surface area contributed by atoms with E-state index in [2.05, 4.69) is 10.6 Å². The molecule has 5 atom stereocenters. The number of aromatic hydroxyl groups is 1. The standard InChI is InChI=1S/C33H40N2O6/c1-33(2,3)41-32(40)34-27(18-22-13-15-25(36)16-14-22)28(37)20-24(17-21-9-5-4-6-10-21)31(39)35-30-26-12-8-7-11-23(26)19-29(30)38/h4-16,24,27-30,36-38H,17-20H2,1-3H3,(H,34,40)(H,35,39)/t24-,27-,28-,29+,30-/m0/s1. The van der Waals surface area contributed by atoms with Crippen molar-refractivity contribution < 1.29 is 29.6 Å². The van der Waals surface area contributed by atoms with Crippen LogP contribution in [0.3, 0.4) is 0 Å². The zero-order valence-corrected chi connectivity index (χ0v) is 23.8. The maximum absolute atomic E-state index is 13.7. The van der Waals surface area contributed by atoms with Gasteiger partial charge in [-0.25, -0.2) is 4.79 Å². The number of nitrogens with one attached hydrogen (secondary N) is 2. The molecule has 0 aliphatic heterocycles. The lowest BCUT2D eigenvalue weighted by molar-refractivity contribution is -0.127. The van der Waals surface area contributed by atoms with Gasteiger partial charge in [-0.3, -0.25) is 4.79 Å². The molecule has 0 radical (unpaired) electrons. The molecule has 1 aliphatic rings. The third kappa shape index (κ3) is 8.55. The normalized spacial score (nSPS) is 18.6. The number of hydrogen-bond donors (Lipinski definition) is 5. The van der Waals surface area contributed by atoms with Crippen LogP contribution >= 0.6 is 0 Å². The van der Waals surface area contributed by atoms with Gasteiger partial charge in [0.05, 0.1) is 24.3 Å². The number of carbonyl (C=O) groups is 2. The lowest BCUT2D eigenvalue weighted by atomic mass is 9.88. The Morgan fingerprint density at radius 1 is 0.927 bits per heavy atom. The average Bonchev–Trinajstić information content (AvgIpc) is 3.23. The summed E-state index contributed by atoms with van der Waals surface area (Å²) in [7, 11) is 0. The van der Waals surface area contributed by atoms with Crippen molar-refractivity contribution in [3.8, 4) is 5.75 Å².